The molecule has 0 saturated heterocycles. The molecule has 0 aliphatic carbocycles. The molecule has 2 rings (SSSR count). The van der Waals surface area contributed by atoms with Crippen LogP contribution in [0.3, 0.4) is 0 Å². The van der Waals surface area contributed by atoms with Gasteiger partial charge in [0.05, 0.1) is 0 Å². The van der Waals surface area contributed by atoms with Crippen LogP contribution in [-0.4, -0.2) is 9.97 Å². The van der Waals surface area contributed by atoms with Crippen molar-refractivity contribution < 1.29 is 4.39 Å². The minimum atomic E-state index is -0.352. The van der Waals surface area contributed by atoms with Crippen LogP contribution in [0.4, 0.5) is 10.2 Å². The molecule has 0 unspecified atom stereocenters. The van der Waals surface area contributed by atoms with E-state index in [1.165, 1.54) is 6.07 Å². The van der Waals surface area contributed by atoms with E-state index in [0.29, 0.717) is 22.9 Å². The number of nitrogens with one attached hydrogen (secondary N) is 1. The van der Waals surface area contributed by atoms with Gasteiger partial charge in [-0.2, -0.15) is 0 Å². The summed E-state index contributed by atoms with van der Waals surface area (Å²) < 4.78 is 13.6. The van der Waals surface area contributed by atoms with E-state index in [2.05, 4.69) is 15.3 Å². The Morgan fingerprint density at radius 2 is 1.95 bits per heavy atom. The normalized spacial score (nSPS) is 10.6. The monoisotopic (exact) mass is 299 g/mol. The number of rotatable bonds is 3. The highest BCUT2D eigenvalue weighted by Gasteiger charge is 2.08. The fourth-order valence-electron chi connectivity index (χ4n) is 1.61. The van der Waals surface area contributed by atoms with E-state index in [0.717, 1.165) is 11.3 Å². The summed E-state index contributed by atoms with van der Waals surface area (Å²) in [5, 5.41) is 3.59. The molecule has 0 aliphatic heterocycles. The third-order valence-electron chi connectivity index (χ3n) is 2.82. The lowest BCUT2D eigenvalue weighted by molar-refractivity contribution is 0.613. The second-order valence-corrected chi connectivity index (χ2v) is 4.92. The van der Waals surface area contributed by atoms with Crippen molar-refractivity contribution in [3.63, 3.8) is 0 Å². The SMILES string of the molecule is Cc1nc(Cl)nc(NCc2ccc(Cl)cc2F)c1C. The minimum Gasteiger partial charge on any atom is -0.366 e. The summed E-state index contributed by atoms with van der Waals surface area (Å²) in [6.45, 7) is 4.03. The number of anilines is 1. The van der Waals surface area contributed by atoms with Gasteiger partial charge in [-0.15, -0.1) is 0 Å². The minimum absolute atomic E-state index is 0.169. The van der Waals surface area contributed by atoms with E-state index in [1.807, 2.05) is 13.8 Å². The molecular weight excluding hydrogens is 288 g/mol. The zero-order valence-corrected chi connectivity index (χ0v) is 12.0. The lowest BCUT2D eigenvalue weighted by Gasteiger charge is -2.11. The molecule has 0 spiro atoms. The van der Waals surface area contributed by atoms with Crippen LogP contribution in [0.5, 0.6) is 0 Å². The van der Waals surface area contributed by atoms with Crippen LogP contribution in [0.15, 0.2) is 18.2 Å². The van der Waals surface area contributed by atoms with Crippen molar-refractivity contribution in [1.29, 1.82) is 0 Å². The first-order valence-corrected chi connectivity index (χ1v) is 6.41. The topological polar surface area (TPSA) is 37.8 Å². The molecule has 2 aromatic rings. The van der Waals surface area contributed by atoms with Crippen LogP contribution in [-0.2, 0) is 6.54 Å². The van der Waals surface area contributed by atoms with Gasteiger partial charge in [0.2, 0.25) is 5.28 Å². The van der Waals surface area contributed by atoms with Crippen molar-refractivity contribution in [2.45, 2.75) is 20.4 Å². The molecule has 0 amide bonds. The number of hydrogen-bond acceptors (Lipinski definition) is 3. The molecule has 1 heterocycles. The summed E-state index contributed by atoms with van der Waals surface area (Å²) in [7, 11) is 0. The molecular formula is C13H12Cl2FN3. The standard InChI is InChI=1S/C13H12Cl2FN3/c1-7-8(2)18-13(15)19-12(7)17-6-9-3-4-10(14)5-11(9)16/h3-5H,6H2,1-2H3,(H,17,18,19). The average Bonchev–Trinajstić information content (AvgIpc) is 2.33. The number of aryl methyl sites for hydroxylation is 1. The van der Waals surface area contributed by atoms with Crippen molar-refractivity contribution in [2.75, 3.05) is 5.32 Å². The van der Waals surface area contributed by atoms with Crippen molar-refractivity contribution >= 4 is 29.0 Å². The number of halogens is 3. The fourth-order valence-corrected chi connectivity index (χ4v) is 1.98. The maximum Gasteiger partial charge on any atom is 0.224 e. The Bertz CT molecular complexity index is 617. The summed E-state index contributed by atoms with van der Waals surface area (Å²) in [6.07, 6.45) is 0. The lowest BCUT2D eigenvalue weighted by atomic mass is 10.2. The van der Waals surface area contributed by atoms with Gasteiger partial charge in [0, 0.05) is 28.4 Å². The Balaban J connectivity index is 2.19. The molecule has 3 nitrogen and oxygen atoms in total. The first-order valence-electron chi connectivity index (χ1n) is 5.66. The highest BCUT2D eigenvalue weighted by molar-refractivity contribution is 6.30. The van der Waals surface area contributed by atoms with Gasteiger partial charge in [0.1, 0.15) is 11.6 Å². The van der Waals surface area contributed by atoms with Gasteiger partial charge in [-0.25, -0.2) is 14.4 Å². The third kappa shape index (κ3) is 3.33. The first kappa shape index (κ1) is 14.0. The van der Waals surface area contributed by atoms with Crippen molar-refractivity contribution in [3.8, 4) is 0 Å². The Morgan fingerprint density at radius 3 is 2.63 bits per heavy atom. The van der Waals surface area contributed by atoms with Gasteiger partial charge < -0.3 is 5.32 Å². The fraction of sp³-hybridized carbons (Fsp3) is 0.231. The van der Waals surface area contributed by atoms with Crippen molar-refractivity contribution in [2.24, 2.45) is 0 Å². The van der Waals surface area contributed by atoms with E-state index < -0.39 is 0 Å². The van der Waals surface area contributed by atoms with Crippen molar-refractivity contribution in [1.82, 2.24) is 9.97 Å². The predicted octanol–water partition coefficient (Wildman–Crippen LogP) is 4.15. The summed E-state index contributed by atoms with van der Waals surface area (Å²) >= 11 is 11.5. The number of aromatic nitrogens is 2. The number of nitrogens with zero attached hydrogens (tertiary/aromatic N) is 2. The number of hydrogen-bond donors (Lipinski definition) is 1. The Hall–Kier alpha value is -1.39. The number of benzene rings is 1. The summed E-state index contributed by atoms with van der Waals surface area (Å²) in [4.78, 5) is 8.13. The predicted molar refractivity (Wildman–Crippen MR) is 75.3 cm³/mol. The van der Waals surface area contributed by atoms with E-state index >= 15 is 0 Å². The second kappa shape index (κ2) is 5.72. The molecule has 100 valence electrons. The molecule has 0 saturated carbocycles. The molecule has 0 atom stereocenters. The molecule has 1 N–H and O–H groups in total. The highest BCUT2D eigenvalue weighted by atomic mass is 35.5. The molecule has 0 bridgehead atoms. The maximum atomic E-state index is 13.6. The maximum absolute atomic E-state index is 13.6. The Labute approximate surface area is 120 Å². The van der Waals surface area contributed by atoms with Crippen LogP contribution in [0.25, 0.3) is 0 Å². The van der Waals surface area contributed by atoms with Crippen LogP contribution < -0.4 is 5.32 Å². The first-order chi connectivity index (χ1) is 8.97. The smallest absolute Gasteiger partial charge is 0.224 e. The molecule has 0 fully saturated rings. The highest BCUT2D eigenvalue weighted by Crippen LogP contribution is 2.19. The molecule has 1 aromatic heterocycles. The van der Waals surface area contributed by atoms with E-state index in [-0.39, 0.29) is 11.1 Å². The van der Waals surface area contributed by atoms with Gasteiger partial charge in [-0.3, -0.25) is 0 Å². The van der Waals surface area contributed by atoms with E-state index in [4.69, 9.17) is 23.2 Å². The molecule has 0 radical (unpaired) electrons. The second-order valence-electron chi connectivity index (χ2n) is 4.14. The zero-order valence-electron chi connectivity index (χ0n) is 10.5. The van der Waals surface area contributed by atoms with Crippen LogP contribution in [0, 0.1) is 19.7 Å². The van der Waals surface area contributed by atoms with Crippen molar-refractivity contribution in [3.05, 3.63) is 51.1 Å². The summed E-state index contributed by atoms with van der Waals surface area (Å²) in [5.74, 6) is 0.251. The zero-order chi connectivity index (χ0) is 14.0. The quantitative estimate of drug-likeness (QED) is 0.865. The lowest BCUT2D eigenvalue weighted by Crippen LogP contribution is -2.07. The van der Waals surface area contributed by atoms with Gasteiger partial charge in [0.15, 0.2) is 0 Å². The van der Waals surface area contributed by atoms with Crippen LogP contribution in [0.1, 0.15) is 16.8 Å². The van der Waals surface area contributed by atoms with E-state index in [9.17, 15) is 4.39 Å². The average molecular weight is 300 g/mol. The van der Waals surface area contributed by atoms with Gasteiger partial charge in [-0.05, 0) is 37.6 Å². The van der Waals surface area contributed by atoms with E-state index in [1.54, 1.807) is 12.1 Å². The molecule has 19 heavy (non-hydrogen) atoms. The largest absolute Gasteiger partial charge is 0.366 e. The van der Waals surface area contributed by atoms with Crippen LogP contribution in [0.2, 0.25) is 10.3 Å². The molecule has 1 aromatic carbocycles. The summed E-state index contributed by atoms with van der Waals surface area (Å²) in [6, 6.07) is 4.56. The van der Waals surface area contributed by atoms with Crippen LogP contribution >= 0.6 is 23.2 Å². The summed E-state index contributed by atoms with van der Waals surface area (Å²) in [5.41, 5.74) is 2.19. The Morgan fingerprint density at radius 1 is 1.21 bits per heavy atom. The molecule has 0 aliphatic rings. The van der Waals surface area contributed by atoms with Gasteiger partial charge in [0.25, 0.3) is 0 Å². The Kier molecular flexibility index (Phi) is 4.22. The molecule has 6 heteroatoms. The van der Waals surface area contributed by atoms with Gasteiger partial charge >= 0.3 is 0 Å². The third-order valence-corrected chi connectivity index (χ3v) is 3.23. The van der Waals surface area contributed by atoms with Gasteiger partial charge in [-0.1, -0.05) is 17.7 Å².